The molecule has 172 valence electrons. The van der Waals surface area contributed by atoms with Gasteiger partial charge in [0.15, 0.2) is 0 Å². The minimum absolute atomic E-state index is 0.205. The number of aliphatic imine (C=N–C) groups is 1. The average Bonchev–Trinajstić information content (AvgIpc) is 2.73. The molecule has 0 heterocycles. The van der Waals surface area contributed by atoms with Crippen LogP contribution in [0.4, 0.5) is 4.39 Å². The highest BCUT2D eigenvalue weighted by Crippen LogP contribution is 2.21. The summed E-state index contributed by atoms with van der Waals surface area (Å²) in [4.78, 5) is 4.42. The van der Waals surface area contributed by atoms with Crippen molar-refractivity contribution in [1.82, 2.24) is 0 Å². The molecule has 0 fully saturated rings. The van der Waals surface area contributed by atoms with Crippen molar-refractivity contribution in [2.24, 2.45) is 4.99 Å². The Hall–Kier alpha value is -1.08. The Balaban J connectivity index is 1.99. The highest BCUT2D eigenvalue weighted by molar-refractivity contribution is 6.60. The van der Waals surface area contributed by atoms with Crippen LogP contribution in [0.2, 0.25) is 6.04 Å². The first-order valence-corrected chi connectivity index (χ1v) is 13.8. The summed E-state index contributed by atoms with van der Waals surface area (Å²) in [7, 11) is -2.45. The van der Waals surface area contributed by atoms with Crippen molar-refractivity contribution in [3.8, 4) is 0 Å². The molecule has 0 aliphatic heterocycles. The first-order valence-electron chi connectivity index (χ1n) is 11.8. The number of nitrogens with zero attached hydrogens (tertiary/aromatic N) is 1. The molecule has 0 saturated carbocycles. The van der Waals surface area contributed by atoms with Crippen molar-refractivity contribution in [2.45, 2.75) is 84.6 Å². The van der Waals surface area contributed by atoms with E-state index in [9.17, 15) is 4.39 Å². The molecular weight excluding hydrogens is 397 g/mol. The predicted octanol–water partition coefficient (Wildman–Crippen LogP) is 6.80. The minimum atomic E-state index is -2.45. The molecule has 0 spiro atoms. The van der Waals surface area contributed by atoms with Gasteiger partial charge in [-0.15, -0.1) is 0 Å². The van der Waals surface area contributed by atoms with Crippen LogP contribution in [0, 0.1) is 5.82 Å². The van der Waals surface area contributed by atoms with Crippen LogP contribution in [0.25, 0.3) is 0 Å². The predicted molar refractivity (Wildman–Crippen MR) is 126 cm³/mol. The van der Waals surface area contributed by atoms with Crippen molar-refractivity contribution < 1.29 is 17.7 Å². The maximum atomic E-state index is 12.8. The van der Waals surface area contributed by atoms with Crippen molar-refractivity contribution in [1.29, 1.82) is 0 Å². The van der Waals surface area contributed by atoms with E-state index in [1.165, 1.54) is 57.1 Å². The second-order valence-corrected chi connectivity index (χ2v) is 10.2. The molecule has 6 heteroatoms. The number of hydrogen-bond donors (Lipinski definition) is 0. The summed E-state index contributed by atoms with van der Waals surface area (Å²) in [5.41, 5.74) is 0.958. The standard InChI is InChI=1S/C24H42FNO3Si/c1-4-27-30(28-5-2,29-6-3)21-15-13-11-9-7-8-10-12-14-20-26-22-23-16-18-24(25)19-17-23/h16-19,22H,4-15,20-21H2,1-3H3. The molecule has 30 heavy (non-hydrogen) atoms. The lowest BCUT2D eigenvalue weighted by molar-refractivity contribution is 0.0706. The lowest BCUT2D eigenvalue weighted by Crippen LogP contribution is -2.45. The summed E-state index contributed by atoms with van der Waals surface area (Å²) in [5.74, 6) is -0.205. The van der Waals surface area contributed by atoms with Crippen molar-refractivity contribution in [3.05, 3.63) is 35.6 Å². The lowest BCUT2D eigenvalue weighted by atomic mass is 10.1. The van der Waals surface area contributed by atoms with Gasteiger partial charge in [0, 0.05) is 38.6 Å². The fourth-order valence-electron chi connectivity index (χ4n) is 3.50. The van der Waals surface area contributed by atoms with E-state index in [0.717, 1.165) is 31.0 Å². The fraction of sp³-hybridized carbons (Fsp3) is 0.708. The van der Waals surface area contributed by atoms with Gasteiger partial charge in [0.2, 0.25) is 0 Å². The van der Waals surface area contributed by atoms with Crippen LogP contribution in [-0.4, -0.2) is 41.4 Å². The molecule has 0 amide bonds. The van der Waals surface area contributed by atoms with E-state index in [4.69, 9.17) is 13.3 Å². The Bertz CT molecular complexity index is 537. The van der Waals surface area contributed by atoms with Crippen molar-refractivity contribution in [2.75, 3.05) is 26.4 Å². The van der Waals surface area contributed by atoms with Crippen molar-refractivity contribution >= 4 is 15.0 Å². The summed E-state index contributed by atoms with van der Waals surface area (Å²) in [6.45, 7) is 8.85. The minimum Gasteiger partial charge on any atom is -0.374 e. The quantitative estimate of drug-likeness (QED) is 0.135. The molecule has 0 N–H and O–H groups in total. The maximum absolute atomic E-state index is 12.8. The van der Waals surface area contributed by atoms with E-state index >= 15 is 0 Å². The smallest absolute Gasteiger partial charge is 0.374 e. The largest absolute Gasteiger partial charge is 0.500 e. The summed E-state index contributed by atoms with van der Waals surface area (Å²) < 4.78 is 30.6. The number of hydrogen-bond acceptors (Lipinski definition) is 4. The van der Waals surface area contributed by atoms with Gasteiger partial charge < -0.3 is 13.3 Å². The molecule has 1 aromatic carbocycles. The number of rotatable bonds is 19. The number of unbranched alkanes of at least 4 members (excludes halogenated alkanes) is 8. The normalized spacial score (nSPS) is 12.1. The lowest BCUT2D eigenvalue weighted by Gasteiger charge is -2.28. The molecule has 0 atom stereocenters. The number of halogens is 1. The Kier molecular flexibility index (Phi) is 15.8. The molecule has 4 nitrogen and oxygen atoms in total. The van der Waals surface area contributed by atoms with Gasteiger partial charge >= 0.3 is 8.80 Å². The topological polar surface area (TPSA) is 40.0 Å². The summed E-state index contributed by atoms with van der Waals surface area (Å²) in [6.07, 6.45) is 13.0. The second kappa shape index (κ2) is 17.6. The van der Waals surface area contributed by atoms with E-state index in [1.807, 2.05) is 27.0 Å². The Morgan fingerprint density at radius 1 is 0.733 bits per heavy atom. The van der Waals surface area contributed by atoms with Gasteiger partial charge in [-0.2, -0.15) is 0 Å². The molecule has 0 unspecified atom stereocenters. The molecular formula is C24H42FNO3Si. The van der Waals surface area contributed by atoms with E-state index in [-0.39, 0.29) is 5.82 Å². The van der Waals surface area contributed by atoms with Gasteiger partial charge in [0.1, 0.15) is 5.82 Å². The van der Waals surface area contributed by atoms with Crippen LogP contribution in [0.5, 0.6) is 0 Å². The summed E-state index contributed by atoms with van der Waals surface area (Å²) in [6, 6.07) is 7.38. The van der Waals surface area contributed by atoms with Crippen molar-refractivity contribution in [3.63, 3.8) is 0 Å². The summed E-state index contributed by atoms with van der Waals surface area (Å²) in [5, 5.41) is 0. The Morgan fingerprint density at radius 2 is 1.20 bits per heavy atom. The third kappa shape index (κ3) is 12.6. The second-order valence-electron chi connectivity index (χ2n) is 7.50. The highest BCUT2D eigenvalue weighted by Gasteiger charge is 2.39. The van der Waals surface area contributed by atoms with Crippen LogP contribution in [0.15, 0.2) is 29.3 Å². The van der Waals surface area contributed by atoms with Crippen LogP contribution in [-0.2, 0) is 13.3 Å². The van der Waals surface area contributed by atoms with Gasteiger partial charge in [-0.1, -0.05) is 57.1 Å². The third-order valence-corrected chi connectivity index (χ3v) is 8.12. The molecule has 0 bridgehead atoms. The molecule has 0 aromatic heterocycles. The number of benzene rings is 1. The zero-order chi connectivity index (χ0) is 21.9. The van der Waals surface area contributed by atoms with Gasteiger partial charge in [-0.3, -0.25) is 4.99 Å². The zero-order valence-corrected chi connectivity index (χ0v) is 20.3. The summed E-state index contributed by atoms with van der Waals surface area (Å²) >= 11 is 0. The van der Waals surface area contributed by atoms with Crippen LogP contribution in [0.3, 0.4) is 0 Å². The van der Waals surface area contributed by atoms with E-state index in [0.29, 0.717) is 19.8 Å². The molecule has 0 saturated heterocycles. The average molecular weight is 440 g/mol. The molecule has 0 aliphatic carbocycles. The monoisotopic (exact) mass is 439 g/mol. The van der Waals surface area contributed by atoms with Crippen LogP contribution in [0.1, 0.15) is 84.1 Å². The zero-order valence-electron chi connectivity index (χ0n) is 19.3. The van der Waals surface area contributed by atoms with E-state index in [2.05, 4.69) is 4.99 Å². The molecule has 0 aliphatic rings. The first-order chi connectivity index (χ1) is 14.7. The van der Waals surface area contributed by atoms with Crippen LogP contribution >= 0.6 is 0 Å². The first kappa shape index (κ1) is 27.0. The molecule has 0 radical (unpaired) electrons. The molecule has 1 rings (SSSR count). The highest BCUT2D eigenvalue weighted by atomic mass is 28.4. The SMILES string of the molecule is CCO[Si](CCCCCCCCCCCN=Cc1ccc(F)cc1)(OCC)OCC. The van der Waals surface area contributed by atoms with E-state index in [1.54, 1.807) is 12.1 Å². The van der Waals surface area contributed by atoms with Crippen LogP contribution < -0.4 is 0 Å². The maximum Gasteiger partial charge on any atom is 0.500 e. The van der Waals surface area contributed by atoms with Gasteiger partial charge in [-0.05, 0) is 51.3 Å². The van der Waals surface area contributed by atoms with E-state index < -0.39 is 8.80 Å². The van der Waals surface area contributed by atoms with Gasteiger partial charge in [0.25, 0.3) is 0 Å². The van der Waals surface area contributed by atoms with Gasteiger partial charge in [0.05, 0.1) is 0 Å². The Labute approximate surface area is 184 Å². The Morgan fingerprint density at radius 3 is 1.70 bits per heavy atom. The third-order valence-electron chi connectivity index (χ3n) is 4.97. The fourth-order valence-corrected chi connectivity index (χ4v) is 6.19. The molecule has 1 aromatic rings. The van der Waals surface area contributed by atoms with Gasteiger partial charge in [-0.25, -0.2) is 4.39 Å².